The summed E-state index contributed by atoms with van der Waals surface area (Å²) in [5.74, 6) is 1.30. The minimum absolute atomic E-state index is 0.378. The smallest absolute Gasteiger partial charge is 0.173 e. The van der Waals surface area contributed by atoms with Crippen LogP contribution in [0.2, 0.25) is 0 Å². The number of aryl methyl sites for hydroxylation is 2. The highest BCUT2D eigenvalue weighted by molar-refractivity contribution is 5.43. The summed E-state index contributed by atoms with van der Waals surface area (Å²) in [6, 6.07) is 4.30. The van der Waals surface area contributed by atoms with Crippen molar-refractivity contribution in [1.82, 2.24) is 0 Å². The molecular weight excluding hydrogens is 288 g/mol. The number of hydrogen-bond donors (Lipinski definition) is 1. The van der Waals surface area contributed by atoms with Crippen LogP contribution in [0.4, 0.5) is 0 Å². The van der Waals surface area contributed by atoms with Crippen molar-refractivity contribution in [3.63, 3.8) is 0 Å². The van der Waals surface area contributed by atoms with Gasteiger partial charge in [-0.25, -0.2) is 0 Å². The van der Waals surface area contributed by atoms with Crippen molar-refractivity contribution >= 4 is 0 Å². The Labute approximate surface area is 140 Å². The maximum atomic E-state index is 10.0. The van der Waals surface area contributed by atoms with Gasteiger partial charge in [-0.3, -0.25) is 0 Å². The largest absolute Gasteiger partial charge is 0.507 e. The number of phenols is 1. The van der Waals surface area contributed by atoms with E-state index in [0.717, 1.165) is 50.0 Å². The topological polar surface area (TPSA) is 38.7 Å². The summed E-state index contributed by atoms with van der Waals surface area (Å²) in [6.45, 7) is 10.1. The van der Waals surface area contributed by atoms with E-state index in [2.05, 4.69) is 26.0 Å². The average molecular weight is 318 g/mol. The normalized spacial score (nSPS) is 31.0. The number of rotatable bonds is 1. The van der Waals surface area contributed by atoms with Crippen molar-refractivity contribution in [2.75, 3.05) is 13.2 Å². The first-order chi connectivity index (χ1) is 10.9. The maximum absolute atomic E-state index is 10.0. The summed E-state index contributed by atoms with van der Waals surface area (Å²) in [4.78, 5) is 0. The van der Waals surface area contributed by atoms with E-state index in [4.69, 9.17) is 9.47 Å². The fourth-order valence-corrected chi connectivity index (χ4v) is 4.54. The molecule has 0 amide bonds. The number of benzene rings is 1. The summed E-state index contributed by atoms with van der Waals surface area (Å²) in [7, 11) is 0. The van der Waals surface area contributed by atoms with E-state index in [-0.39, 0.29) is 0 Å². The van der Waals surface area contributed by atoms with Gasteiger partial charge in [-0.2, -0.15) is 0 Å². The second-order valence-corrected chi connectivity index (χ2v) is 7.60. The molecule has 1 aromatic rings. The van der Waals surface area contributed by atoms with Gasteiger partial charge in [0, 0.05) is 11.8 Å². The predicted octanol–water partition coefficient (Wildman–Crippen LogP) is 4.68. The van der Waals surface area contributed by atoms with Gasteiger partial charge in [0.2, 0.25) is 0 Å². The fourth-order valence-electron chi connectivity index (χ4n) is 4.54. The van der Waals surface area contributed by atoms with Crippen LogP contribution in [0.25, 0.3) is 0 Å². The number of aromatic hydroxyl groups is 1. The van der Waals surface area contributed by atoms with Gasteiger partial charge in [-0.15, -0.1) is 0 Å². The van der Waals surface area contributed by atoms with Crippen molar-refractivity contribution < 1.29 is 14.6 Å². The highest BCUT2D eigenvalue weighted by Crippen LogP contribution is 2.49. The Morgan fingerprint density at radius 3 is 1.91 bits per heavy atom. The Morgan fingerprint density at radius 1 is 0.957 bits per heavy atom. The van der Waals surface area contributed by atoms with Crippen LogP contribution >= 0.6 is 0 Å². The number of hydrogen-bond acceptors (Lipinski definition) is 3. The Balaban J connectivity index is 1.84. The second-order valence-electron chi connectivity index (χ2n) is 7.60. The Kier molecular flexibility index (Phi) is 4.70. The molecule has 1 heterocycles. The summed E-state index contributed by atoms with van der Waals surface area (Å²) in [5, 5.41) is 10.0. The van der Waals surface area contributed by atoms with E-state index < -0.39 is 5.79 Å². The van der Waals surface area contributed by atoms with Crippen LogP contribution in [0.3, 0.4) is 0 Å². The summed E-state index contributed by atoms with van der Waals surface area (Å²) in [6.07, 6.45) is 4.35. The monoisotopic (exact) mass is 318 g/mol. The molecule has 1 aliphatic heterocycles. The van der Waals surface area contributed by atoms with Crippen LogP contribution in [0, 0.1) is 25.7 Å². The predicted molar refractivity (Wildman–Crippen MR) is 91.8 cm³/mol. The molecule has 2 atom stereocenters. The van der Waals surface area contributed by atoms with Gasteiger partial charge in [-0.1, -0.05) is 26.0 Å². The summed E-state index contributed by atoms with van der Waals surface area (Å²) in [5.41, 5.74) is 3.30. The summed E-state index contributed by atoms with van der Waals surface area (Å²) >= 11 is 0. The van der Waals surface area contributed by atoms with E-state index in [0.29, 0.717) is 23.5 Å². The third-order valence-electron chi connectivity index (χ3n) is 5.83. The molecule has 1 N–H and O–H groups in total. The zero-order valence-corrected chi connectivity index (χ0v) is 14.9. The van der Waals surface area contributed by atoms with E-state index in [1.54, 1.807) is 0 Å². The molecule has 128 valence electrons. The minimum Gasteiger partial charge on any atom is -0.507 e. The van der Waals surface area contributed by atoms with Crippen LogP contribution in [0.5, 0.6) is 5.75 Å². The molecule has 3 heteroatoms. The standard InChI is InChI=1S/C20H30O3/c1-13-9-17(10-14(2)19(13)21)18-11-15(3)20(16(4)12-18)22-7-5-6-8-23-20/h9-10,15-16,18,21H,5-8,11-12H2,1-4H3. The third-order valence-corrected chi connectivity index (χ3v) is 5.83. The molecule has 2 fully saturated rings. The van der Waals surface area contributed by atoms with Gasteiger partial charge in [0.05, 0.1) is 13.2 Å². The third kappa shape index (κ3) is 3.01. The second kappa shape index (κ2) is 6.45. The lowest BCUT2D eigenvalue weighted by Gasteiger charge is -2.48. The van der Waals surface area contributed by atoms with Crippen LogP contribution in [-0.2, 0) is 9.47 Å². The van der Waals surface area contributed by atoms with Crippen molar-refractivity contribution in [2.45, 2.75) is 65.1 Å². The van der Waals surface area contributed by atoms with Crippen molar-refractivity contribution in [1.29, 1.82) is 0 Å². The SMILES string of the molecule is Cc1cc(C2CC(C)C3(OCCCCO3)C(C)C2)cc(C)c1O. The van der Waals surface area contributed by atoms with Crippen LogP contribution < -0.4 is 0 Å². The molecule has 23 heavy (non-hydrogen) atoms. The lowest BCUT2D eigenvalue weighted by molar-refractivity contribution is -0.293. The molecular formula is C20H30O3. The first kappa shape index (κ1) is 16.8. The van der Waals surface area contributed by atoms with Gasteiger partial charge in [0.25, 0.3) is 0 Å². The fraction of sp³-hybridized carbons (Fsp3) is 0.700. The number of ether oxygens (including phenoxy) is 2. The molecule has 1 spiro atoms. The molecule has 1 aliphatic carbocycles. The van der Waals surface area contributed by atoms with Crippen LogP contribution in [0.1, 0.15) is 62.1 Å². The average Bonchev–Trinajstić information content (AvgIpc) is 2.77. The highest BCUT2D eigenvalue weighted by atomic mass is 16.7. The van der Waals surface area contributed by atoms with Crippen LogP contribution in [-0.4, -0.2) is 24.1 Å². The van der Waals surface area contributed by atoms with E-state index in [9.17, 15) is 5.11 Å². The highest BCUT2D eigenvalue weighted by Gasteiger charge is 2.49. The van der Waals surface area contributed by atoms with Gasteiger partial charge in [0.15, 0.2) is 5.79 Å². The van der Waals surface area contributed by atoms with Crippen molar-refractivity contribution in [3.8, 4) is 5.75 Å². The first-order valence-corrected chi connectivity index (χ1v) is 9.02. The first-order valence-electron chi connectivity index (χ1n) is 9.02. The molecule has 0 aromatic heterocycles. The van der Waals surface area contributed by atoms with Gasteiger partial charge < -0.3 is 14.6 Å². The minimum atomic E-state index is -0.395. The molecule has 0 radical (unpaired) electrons. The lowest BCUT2D eigenvalue weighted by Crippen LogP contribution is -2.51. The van der Waals surface area contributed by atoms with E-state index in [1.165, 1.54) is 5.56 Å². The van der Waals surface area contributed by atoms with Gasteiger partial charge in [0.1, 0.15) is 5.75 Å². The lowest BCUT2D eigenvalue weighted by atomic mass is 9.69. The van der Waals surface area contributed by atoms with Crippen molar-refractivity contribution in [2.24, 2.45) is 11.8 Å². The van der Waals surface area contributed by atoms with Gasteiger partial charge in [-0.05, 0) is 62.1 Å². The van der Waals surface area contributed by atoms with Crippen molar-refractivity contribution in [3.05, 3.63) is 28.8 Å². The molecule has 2 unspecified atom stereocenters. The summed E-state index contributed by atoms with van der Waals surface area (Å²) < 4.78 is 12.5. The quantitative estimate of drug-likeness (QED) is 0.817. The molecule has 1 saturated heterocycles. The maximum Gasteiger partial charge on any atom is 0.173 e. The number of phenolic OH excluding ortho intramolecular Hbond substituents is 1. The van der Waals surface area contributed by atoms with E-state index in [1.807, 2.05) is 13.8 Å². The zero-order chi connectivity index (χ0) is 16.6. The molecule has 3 nitrogen and oxygen atoms in total. The molecule has 3 rings (SSSR count). The van der Waals surface area contributed by atoms with Crippen LogP contribution in [0.15, 0.2) is 12.1 Å². The molecule has 1 saturated carbocycles. The van der Waals surface area contributed by atoms with E-state index >= 15 is 0 Å². The molecule has 0 bridgehead atoms. The molecule has 1 aromatic carbocycles. The Hall–Kier alpha value is -1.06. The Bertz CT molecular complexity index is 521. The zero-order valence-electron chi connectivity index (χ0n) is 14.9. The molecule has 2 aliphatic rings. The van der Waals surface area contributed by atoms with Gasteiger partial charge >= 0.3 is 0 Å². The Morgan fingerprint density at radius 2 is 1.43 bits per heavy atom.